The Kier molecular flexibility index (Phi) is 4.41. The maximum Gasteiger partial charge on any atom is 0.275 e. The molecule has 1 heterocycles. The molecule has 0 aliphatic carbocycles. The van der Waals surface area contributed by atoms with Crippen LogP contribution in [0.15, 0.2) is 39.8 Å². The lowest BCUT2D eigenvalue weighted by molar-refractivity contribution is -0.110. The van der Waals surface area contributed by atoms with Gasteiger partial charge < -0.3 is 10.1 Å². The molecular weight excluding hydrogens is 380 g/mol. The second-order valence-corrected chi connectivity index (χ2v) is 6.42. The van der Waals surface area contributed by atoms with Crippen molar-refractivity contribution in [3.8, 4) is 5.75 Å². The summed E-state index contributed by atoms with van der Waals surface area (Å²) in [6.45, 7) is 2.04. The van der Waals surface area contributed by atoms with E-state index in [0.717, 1.165) is 27.7 Å². The number of amides is 1. The fraction of sp³-hybridized carbons (Fsp3) is 0.176. The lowest BCUT2D eigenvalue weighted by Gasteiger charge is -2.07. The monoisotopic (exact) mass is 392 g/mol. The van der Waals surface area contributed by atoms with Crippen LogP contribution in [0.4, 0.5) is 11.4 Å². The molecule has 23 heavy (non-hydrogen) atoms. The van der Waals surface area contributed by atoms with Crippen LogP contribution < -0.4 is 10.1 Å². The normalized spacial score (nSPS) is 14.8. The molecule has 2 aromatic carbocycles. The molecule has 0 saturated carbocycles. The van der Waals surface area contributed by atoms with Gasteiger partial charge in [-0.2, -0.15) is 0 Å². The van der Waals surface area contributed by atoms with Crippen LogP contribution in [0.25, 0.3) is 0 Å². The molecule has 1 aliphatic rings. The molecule has 0 spiro atoms. The van der Waals surface area contributed by atoms with E-state index in [2.05, 4.69) is 26.2 Å². The molecule has 1 N–H and O–H groups in total. The number of methoxy groups -OCH3 is 1. The number of aryl methyl sites for hydroxylation is 1. The standard InChI is InChI=1S/C17H14BrClN2O2/c1-3-9-6-10(18)7-12-15(9)21-17(22)16(12)20-13-8-11(19)4-5-14(13)23-2/h4-8H,3H2,1-2H3,(H,20,21,22). The zero-order chi connectivity index (χ0) is 16.6. The van der Waals surface area contributed by atoms with Crippen LogP contribution >= 0.6 is 27.5 Å². The first-order valence-electron chi connectivity index (χ1n) is 7.10. The predicted molar refractivity (Wildman–Crippen MR) is 96.4 cm³/mol. The predicted octanol–water partition coefficient (Wildman–Crippen LogP) is 4.75. The number of benzene rings is 2. The largest absolute Gasteiger partial charge is 0.494 e. The average molecular weight is 394 g/mol. The molecule has 0 fully saturated rings. The molecule has 0 unspecified atom stereocenters. The van der Waals surface area contributed by atoms with Crippen molar-refractivity contribution in [1.29, 1.82) is 0 Å². The van der Waals surface area contributed by atoms with Gasteiger partial charge in [-0.25, -0.2) is 4.99 Å². The Morgan fingerprint density at radius 1 is 1.30 bits per heavy atom. The highest BCUT2D eigenvalue weighted by molar-refractivity contribution is 9.10. The number of carbonyl (C=O) groups is 1. The number of hydrogen-bond acceptors (Lipinski definition) is 3. The van der Waals surface area contributed by atoms with Crippen molar-refractivity contribution in [3.63, 3.8) is 0 Å². The maximum absolute atomic E-state index is 12.4. The Bertz CT molecular complexity index is 834. The Labute approximate surface area is 147 Å². The summed E-state index contributed by atoms with van der Waals surface area (Å²) in [5.74, 6) is 0.337. The van der Waals surface area contributed by atoms with E-state index in [1.54, 1.807) is 25.3 Å². The van der Waals surface area contributed by atoms with Crippen LogP contribution in [-0.4, -0.2) is 18.7 Å². The average Bonchev–Trinajstić information content (AvgIpc) is 2.83. The number of ether oxygens (including phenoxy) is 1. The lowest BCUT2D eigenvalue weighted by atomic mass is 10.0. The summed E-state index contributed by atoms with van der Waals surface area (Å²) in [7, 11) is 1.56. The van der Waals surface area contributed by atoms with Crippen LogP contribution in [-0.2, 0) is 11.2 Å². The third-order valence-corrected chi connectivity index (χ3v) is 4.34. The number of nitrogens with one attached hydrogen (secondary N) is 1. The lowest BCUT2D eigenvalue weighted by Crippen LogP contribution is -2.14. The molecule has 4 nitrogen and oxygen atoms in total. The summed E-state index contributed by atoms with van der Waals surface area (Å²) in [6, 6.07) is 9.02. The van der Waals surface area contributed by atoms with Gasteiger partial charge in [-0.15, -0.1) is 0 Å². The van der Waals surface area contributed by atoms with E-state index >= 15 is 0 Å². The van der Waals surface area contributed by atoms with Crippen molar-refractivity contribution in [3.05, 3.63) is 51.0 Å². The van der Waals surface area contributed by atoms with Crippen LogP contribution in [0, 0.1) is 0 Å². The molecule has 0 radical (unpaired) electrons. The first-order chi connectivity index (χ1) is 11.0. The van der Waals surface area contributed by atoms with Gasteiger partial charge in [-0.3, -0.25) is 4.79 Å². The van der Waals surface area contributed by atoms with Crippen molar-refractivity contribution in [1.82, 2.24) is 0 Å². The SMILES string of the molecule is CCc1cc(Br)cc2c1NC(=O)C2=Nc1cc(Cl)ccc1OC. The Hall–Kier alpha value is -1.85. The topological polar surface area (TPSA) is 50.7 Å². The molecule has 1 aliphatic heterocycles. The van der Waals surface area contributed by atoms with E-state index in [9.17, 15) is 4.79 Å². The maximum atomic E-state index is 12.4. The quantitative estimate of drug-likeness (QED) is 0.818. The molecule has 0 saturated heterocycles. The fourth-order valence-corrected chi connectivity index (χ4v) is 3.23. The Morgan fingerprint density at radius 3 is 2.78 bits per heavy atom. The van der Waals surface area contributed by atoms with Gasteiger partial charge in [0.15, 0.2) is 0 Å². The Morgan fingerprint density at radius 2 is 2.09 bits per heavy atom. The molecule has 2 aromatic rings. The molecule has 0 aromatic heterocycles. The van der Waals surface area contributed by atoms with Gasteiger partial charge in [0.25, 0.3) is 5.91 Å². The second-order valence-electron chi connectivity index (χ2n) is 5.07. The van der Waals surface area contributed by atoms with Gasteiger partial charge in [-0.05, 0) is 42.3 Å². The minimum absolute atomic E-state index is 0.227. The number of halogens is 2. The summed E-state index contributed by atoms with van der Waals surface area (Å²) in [4.78, 5) is 16.9. The van der Waals surface area contributed by atoms with Gasteiger partial charge in [0, 0.05) is 15.1 Å². The van der Waals surface area contributed by atoms with Crippen LogP contribution in [0.5, 0.6) is 5.75 Å². The van der Waals surface area contributed by atoms with Crippen LogP contribution in [0.3, 0.4) is 0 Å². The third kappa shape index (κ3) is 2.99. The number of nitrogens with zero attached hydrogens (tertiary/aromatic N) is 1. The zero-order valence-corrected chi connectivity index (χ0v) is 15.0. The first-order valence-corrected chi connectivity index (χ1v) is 8.27. The Balaban J connectivity index is 2.18. The summed E-state index contributed by atoms with van der Waals surface area (Å²) in [5, 5.41) is 3.44. The van der Waals surface area contributed by atoms with Gasteiger partial charge in [0.1, 0.15) is 17.1 Å². The number of carbonyl (C=O) groups excluding carboxylic acids is 1. The van der Waals surface area contributed by atoms with E-state index in [1.165, 1.54) is 0 Å². The molecule has 118 valence electrons. The minimum Gasteiger partial charge on any atom is -0.494 e. The highest BCUT2D eigenvalue weighted by Gasteiger charge is 2.28. The highest BCUT2D eigenvalue weighted by Crippen LogP contribution is 2.35. The fourth-order valence-electron chi connectivity index (χ4n) is 2.55. The van der Waals surface area contributed by atoms with Gasteiger partial charge in [0.05, 0.1) is 12.8 Å². The minimum atomic E-state index is -0.227. The van der Waals surface area contributed by atoms with Crippen molar-refractivity contribution in [2.75, 3.05) is 12.4 Å². The molecule has 1 amide bonds. The molecule has 6 heteroatoms. The number of anilines is 1. The van der Waals surface area contributed by atoms with E-state index in [-0.39, 0.29) is 5.91 Å². The van der Waals surface area contributed by atoms with Crippen LogP contribution in [0.2, 0.25) is 5.02 Å². The van der Waals surface area contributed by atoms with Crippen molar-refractivity contribution in [2.24, 2.45) is 4.99 Å². The van der Waals surface area contributed by atoms with Gasteiger partial charge in [0.2, 0.25) is 0 Å². The molecule has 0 bridgehead atoms. The number of aliphatic imine (C=N–C) groups is 1. The zero-order valence-electron chi connectivity index (χ0n) is 12.6. The summed E-state index contributed by atoms with van der Waals surface area (Å²) in [6.07, 6.45) is 0.815. The number of hydrogen-bond donors (Lipinski definition) is 1. The van der Waals surface area contributed by atoms with Crippen LogP contribution in [0.1, 0.15) is 18.1 Å². The first kappa shape index (κ1) is 16.0. The third-order valence-electron chi connectivity index (χ3n) is 3.65. The summed E-state index contributed by atoms with van der Waals surface area (Å²) < 4.78 is 6.21. The highest BCUT2D eigenvalue weighted by atomic mass is 79.9. The van der Waals surface area contributed by atoms with Crippen molar-refractivity contribution >= 4 is 50.5 Å². The number of fused-ring (bicyclic) bond motifs is 1. The van der Waals surface area contributed by atoms with E-state index < -0.39 is 0 Å². The van der Waals surface area contributed by atoms with Crippen molar-refractivity contribution < 1.29 is 9.53 Å². The van der Waals surface area contributed by atoms with E-state index in [0.29, 0.717) is 22.2 Å². The van der Waals surface area contributed by atoms with Crippen molar-refractivity contribution in [2.45, 2.75) is 13.3 Å². The summed E-state index contributed by atoms with van der Waals surface area (Å²) >= 11 is 9.53. The van der Waals surface area contributed by atoms with E-state index in [1.807, 2.05) is 19.1 Å². The number of rotatable bonds is 3. The summed E-state index contributed by atoms with van der Waals surface area (Å²) in [5.41, 5.74) is 3.54. The molecular formula is C17H14BrClN2O2. The second kappa shape index (κ2) is 6.34. The van der Waals surface area contributed by atoms with Gasteiger partial charge in [-0.1, -0.05) is 34.5 Å². The molecule has 3 rings (SSSR count). The van der Waals surface area contributed by atoms with Gasteiger partial charge >= 0.3 is 0 Å². The molecule has 0 atom stereocenters. The van der Waals surface area contributed by atoms with E-state index in [4.69, 9.17) is 16.3 Å². The smallest absolute Gasteiger partial charge is 0.275 e.